The van der Waals surface area contributed by atoms with Crippen LogP contribution in [0.4, 0.5) is 0 Å². The summed E-state index contributed by atoms with van der Waals surface area (Å²) in [5, 5.41) is 8.18. The number of hydrogen-bond acceptors (Lipinski definition) is 3. The SMILES string of the molecule is c1ccc(-n2c3ccccc3c3ccc4c(c5ccccc5n4-c4nc5ccc6oc7ccccc7c6c5s4)c32)cc1. The second-order valence-electron chi connectivity index (χ2n) is 10.8. The summed E-state index contributed by atoms with van der Waals surface area (Å²) in [6.45, 7) is 0. The number of thiazole rings is 1. The molecule has 0 radical (unpaired) electrons. The lowest BCUT2D eigenvalue weighted by Crippen LogP contribution is -1.94. The van der Waals surface area contributed by atoms with Crippen LogP contribution in [0.1, 0.15) is 0 Å². The van der Waals surface area contributed by atoms with Crippen LogP contribution in [0.3, 0.4) is 0 Å². The fourth-order valence-electron chi connectivity index (χ4n) is 6.84. The maximum atomic E-state index is 6.20. The normalized spacial score (nSPS) is 12.3. The molecule has 4 nitrogen and oxygen atoms in total. The summed E-state index contributed by atoms with van der Waals surface area (Å²) in [4.78, 5) is 5.23. The number of rotatable bonds is 2. The highest BCUT2D eigenvalue weighted by atomic mass is 32.1. The van der Waals surface area contributed by atoms with Crippen LogP contribution in [-0.2, 0) is 0 Å². The zero-order chi connectivity index (χ0) is 27.4. The smallest absolute Gasteiger partial charge is 0.195 e. The highest BCUT2D eigenvalue weighted by molar-refractivity contribution is 7.22. The van der Waals surface area contributed by atoms with E-state index in [4.69, 9.17) is 9.40 Å². The van der Waals surface area contributed by atoms with Gasteiger partial charge in [-0.05, 0) is 48.5 Å². The number of aromatic nitrogens is 3. The summed E-state index contributed by atoms with van der Waals surface area (Å²) in [6.07, 6.45) is 0. The highest BCUT2D eigenvalue weighted by Crippen LogP contribution is 2.44. The predicted molar refractivity (Wildman–Crippen MR) is 176 cm³/mol. The summed E-state index contributed by atoms with van der Waals surface area (Å²) < 4.78 is 12.1. The van der Waals surface area contributed by atoms with E-state index in [2.05, 4.69) is 124 Å². The first-order valence-corrected chi connectivity index (χ1v) is 14.9. The van der Waals surface area contributed by atoms with Gasteiger partial charge in [-0.1, -0.05) is 90.2 Å². The van der Waals surface area contributed by atoms with Crippen molar-refractivity contribution < 1.29 is 4.42 Å². The Bertz CT molecular complexity index is 2690. The Hall–Kier alpha value is -5.39. The molecule has 0 N–H and O–H groups in total. The predicted octanol–water partition coefficient (Wildman–Crippen LogP) is 10.4. The molecule has 5 heteroatoms. The van der Waals surface area contributed by atoms with E-state index < -0.39 is 0 Å². The van der Waals surface area contributed by atoms with Crippen LogP contribution >= 0.6 is 11.3 Å². The van der Waals surface area contributed by atoms with Gasteiger partial charge in [-0.25, -0.2) is 4.98 Å². The standard InChI is InChI=1S/C37H21N3OS/c1-2-10-22(11-3-1)39-28-15-7-4-12-23(28)24-18-20-30-33(35(24)39)25-13-5-8-16-29(25)40(30)37-38-27-19-21-32-34(36(27)42-37)26-14-6-9-17-31(26)41-32/h1-21H. The summed E-state index contributed by atoms with van der Waals surface area (Å²) in [6, 6.07) is 45.1. The molecule has 6 aromatic carbocycles. The Morgan fingerprint density at radius 2 is 1.21 bits per heavy atom. The first-order valence-electron chi connectivity index (χ1n) is 14.1. The van der Waals surface area contributed by atoms with Crippen molar-refractivity contribution in [2.24, 2.45) is 0 Å². The Morgan fingerprint density at radius 1 is 0.500 bits per heavy atom. The zero-order valence-electron chi connectivity index (χ0n) is 22.3. The maximum absolute atomic E-state index is 6.20. The summed E-state index contributed by atoms with van der Waals surface area (Å²) in [7, 11) is 0. The molecular formula is C37H21N3OS. The molecule has 0 bridgehead atoms. The van der Waals surface area contributed by atoms with Gasteiger partial charge >= 0.3 is 0 Å². The molecule has 0 fully saturated rings. The molecule has 0 aliphatic carbocycles. The largest absolute Gasteiger partial charge is 0.456 e. The van der Waals surface area contributed by atoms with Crippen molar-refractivity contribution in [2.45, 2.75) is 0 Å². The molecule has 4 heterocycles. The first kappa shape index (κ1) is 22.3. The van der Waals surface area contributed by atoms with Crippen LogP contribution in [0, 0.1) is 0 Å². The molecule has 0 amide bonds. The third-order valence-corrected chi connectivity index (χ3v) is 9.63. The second-order valence-corrected chi connectivity index (χ2v) is 11.8. The number of hydrogen-bond donors (Lipinski definition) is 0. The molecule has 0 spiro atoms. The van der Waals surface area contributed by atoms with E-state index in [9.17, 15) is 0 Å². The third-order valence-electron chi connectivity index (χ3n) is 8.56. The summed E-state index contributed by atoms with van der Waals surface area (Å²) >= 11 is 1.73. The zero-order valence-corrected chi connectivity index (χ0v) is 23.1. The minimum atomic E-state index is 0.898. The van der Waals surface area contributed by atoms with Gasteiger partial charge in [0.25, 0.3) is 0 Å². The van der Waals surface area contributed by atoms with Crippen LogP contribution in [0.15, 0.2) is 132 Å². The average molecular weight is 556 g/mol. The van der Waals surface area contributed by atoms with Crippen molar-refractivity contribution in [3.8, 4) is 10.8 Å². The Morgan fingerprint density at radius 3 is 2.07 bits per heavy atom. The number of nitrogens with zero attached hydrogens (tertiary/aromatic N) is 3. The van der Waals surface area contributed by atoms with Gasteiger partial charge in [-0.3, -0.25) is 4.57 Å². The Balaban J connectivity index is 1.37. The average Bonchev–Trinajstić information content (AvgIpc) is 3.79. The van der Waals surface area contributed by atoms with E-state index in [1.807, 2.05) is 12.1 Å². The molecule has 0 unspecified atom stereocenters. The highest BCUT2D eigenvalue weighted by Gasteiger charge is 2.22. The van der Waals surface area contributed by atoms with Crippen LogP contribution in [-0.4, -0.2) is 14.1 Å². The lowest BCUT2D eigenvalue weighted by atomic mass is 10.1. The Labute approximate surface area is 243 Å². The van der Waals surface area contributed by atoms with E-state index in [1.54, 1.807) is 11.3 Å². The second kappa shape index (κ2) is 8.09. The van der Waals surface area contributed by atoms with Crippen molar-refractivity contribution in [1.82, 2.24) is 14.1 Å². The van der Waals surface area contributed by atoms with Crippen LogP contribution < -0.4 is 0 Å². The van der Waals surface area contributed by atoms with Crippen molar-refractivity contribution in [3.63, 3.8) is 0 Å². The van der Waals surface area contributed by atoms with Gasteiger partial charge < -0.3 is 8.98 Å². The summed E-state index contributed by atoms with van der Waals surface area (Å²) in [5.41, 5.74) is 8.67. The van der Waals surface area contributed by atoms with Gasteiger partial charge in [-0.15, -0.1) is 0 Å². The van der Waals surface area contributed by atoms with Gasteiger partial charge in [0.2, 0.25) is 0 Å². The van der Waals surface area contributed by atoms with Gasteiger partial charge in [0, 0.05) is 38.0 Å². The number of benzene rings is 6. The van der Waals surface area contributed by atoms with E-state index >= 15 is 0 Å². The molecule has 0 saturated carbocycles. The van der Waals surface area contributed by atoms with Crippen LogP contribution in [0.2, 0.25) is 0 Å². The molecule has 42 heavy (non-hydrogen) atoms. The van der Waals surface area contributed by atoms with Crippen LogP contribution in [0.5, 0.6) is 0 Å². The number of furan rings is 1. The van der Waals surface area contributed by atoms with Gasteiger partial charge in [0.15, 0.2) is 5.13 Å². The minimum Gasteiger partial charge on any atom is -0.456 e. The molecule has 10 rings (SSSR count). The molecule has 4 aromatic heterocycles. The topological polar surface area (TPSA) is 35.9 Å². The monoisotopic (exact) mass is 555 g/mol. The fourth-order valence-corrected chi connectivity index (χ4v) is 7.98. The van der Waals surface area contributed by atoms with E-state index in [0.717, 1.165) is 54.0 Å². The summed E-state index contributed by atoms with van der Waals surface area (Å²) in [5.74, 6) is 0. The molecule has 196 valence electrons. The maximum Gasteiger partial charge on any atom is 0.195 e. The Kier molecular flexibility index (Phi) is 4.30. The van der Waals surface area contributed by atoms with Crippen LogP contribution in [0.25, 0.3) is 86.6 Å². The van der Waals surface area contributed by atoms with Gasteiger partial charge in [-0.2, -0.15) is 0 Å². The molecule has 0 saturated heterocycles. The fraction of sp³-hybridized carbons (Fsp3) is 0. The lowest BCUT2D eigenvalue weighted by molar-refractivity contribution is 0.669. The van der Waals surface area contributed by atoms with E-state index in [-0.39, 0.29) is 0 Å². The van der Waals surface area contributed by atoms with Gasteiger partial charge in [0.05, 0.1) is 32.3 Å². The molecule has 0 aliphatic heterocycles. The molecule has 10 aromatic rings. The molecule has 0 atom stereocenters. The van der Waals surface area contributed by atoms with E-state index in [0.29, 0.717) is 0 Å². The van der Waals surface area contributed by atoms with Crippen molar-refractivity contribution >= 4 is 87.1 Å². The quantitative estimate of drug-likeness (QED) is 0.213. The van der Waals surface area contributed by atoms with Crippen molar-refractivity contribution in [3.05, 3.63) is 127 Å². The molecule has 0 aliphatic rings. The first-order chi connectivity index (χ1) is 20.8. The number of para-hydroxylation sites is 4. The van der Waals surface area contributed by atoms with Crippen molar-refractivity contribution in [2.75, 3.05) is 0 Å². The minimum absolute atomic E-state index is 0.898. The lowest BCUT2D eigenvalue weighted by Gasteiger charge is -2.09. The third kappa shape index (κ3) is 2.83. The number of fused-ring (bicyclic) bond motifs is 12. The van der Waals surface area contributed by atoms with Gasteiger partial charge in [0.1, 0.15) is 11.2 Å². The molecular weight excluding hydrogens is 534 g/mol. The van der Waals surface area contributed by atoms with E-state index in [1.165, 1.54) is 32.6 Å². The van der Waals surface area contributed by atoms with Crippen molar-refractivity contribution in [1.29, 1.82) is 0 Å².